The minimum Gasteiger partial charge on any atom is -0.387 e. The van der Waals surface area contributed by atoms with Gasteiger partial charge in [-0.1, -0.05) is 47.5 Å². The maximum absolute atomic E-state index is 13.8. The second-order valence-electron chi connectivity index (χ2n) is 16.7. The molecule has 4 aromatic heterocycles. The standard InChI is InChI=1S/2C23H24ClFN2O/c2*24-20-10-7-17(11-21(20)25)14-1-5-16(6-2-14)23(28)22-19(15-3-4-15)9-8-18-12-26-13-27(18)22/h2*7-16,23,28H,1-6H2/t2*14?,16?,23-/m10/s1. The van der Waals surface area contributed by atoms with Crippen LogP contribution in [0.15, 0.2) is 85.7 Å². The molecule has 0 spiro atoms. The van der Waals surface area contributed by atoms with Crippen LogP contribution in [0.5, 0.6) is 0 Å². The van der Waals surface area contributed by atoms with Gasteiger partial charge in [-0.2, -0.15) is 0 Å². The van der Waals surface area contributed by atoms with E-state index in [-0.39, 0.29) is 33.5 Å². The van der Waals surface area contributed by atoms with Gasteiger partial charge in [-0.25, -0.2) is 18.7 Å². The van der Waals surface area contributed by atoms with E-state index in [0.29, 0.717) is 23.7 Å². The molecule has 56 heavy (non-hydrogen) atoms. The Balaban J connectivity index is 0.000000146. The molecule has 0 unspecified atom stereocenters. The maximum Gasteiger partial charge on any atom is 0.142 e. The lowest BCUT2D eigenvalue weighted by atomic mass is 9.75. The summed E-state index contributed by atoms with van der Waals surface area (Å²) >= 11 is 11.6. The Kier molecular flexibility index (Phi) is 10.7. The molecule has 292 valence electrons. The van der Waals surface area contributed by atoms with Crippen molar-refractivity contribution in [2.75, 3.05) is 0 Å². The van der Waals surface area contributed by atoms with Crippen LogP contribution in [0.2, 0.25) is 10.0 Å². The predicted molar refractivity (Wildman–Crippen MR) is 216 cm³/mol. The van der Waals surface area contributed by atoms with E-state index < -0.39 is 12.2 Å². The molecule has 0 amide bonds. The summed E-state index contributed by atoms with van der Waals surface area (Å²) in [5.41, 5.74) is 8.71. The minimum absolute atomic E-state index is 0.175. The molecule has 6 nitrogen and oxygen atoms in total. The second kappa shape index (κ2) is 15.8. The van der Waals surface area contributed by atoms with Gasteiger partial charge in [-0.15, -0.1) is 0 Å². The van der Waals surface area contributed by atoms with Gasteiger partial charge in [0.05, 0.1) is 69.7 Å². The van der Waals surface area contributed by atoms with Gasteiger partial charge in [-0.3, -0.25) is 0 Å². The van der Waals surface area contributed by atoms with E-state index in [4.69, 9.17) is 23.2 Å². The summed E-state index contributed by atoms with van der Waals surface area (Å²) in [4.78, 5) is 8.57. The lowest BCUT2D eigenvalue weighted by Gasteiger charge is -2.33. The molecule has 0 saturated heterocycles. The highest BCUT2D eigenvalue weighted by Crippen LogP contribution is 2.49. The summed E-state index contributed by atoms with van der Waals surface area (Å²) < 4.78 is 31.8. The molecule has 2 N–H and O–H groups in total. The largest absolute Gasteiger partial charge is 0.387 e. The van der Waals surface area contributed by atoms with Crippen LogP contribution in [0.4, 0.5) is 8.78 Å². The van der Waals surface area contributed by atoms with Crippen LogP contribution in [-0.4, -0.2) is 29.0 Å². The zero-order valence-corrected chi connectivity index (χ0v) is 32.9. The molecule has 10 rings (SSSR count). The molecule has 2 aromatic carbocycles. The lowest BCUT2D eigenvalue weighted by Crippen LogP contribution is -2.22. The zero-order chi connectivity index (χ0) is 38.5. The predicted octanol–water partition coefficient (Wildman–Crippen LogP) is 12.0. The van der Waals surface area contributed by atoms with Crippen molar-refractivity contribution < 1.29 is 19.0 Å². The van der Waals surface area contributed by atoms with Crippen LogP contribution in [0, 0.1) is 23.5 Å². The Labute approximate surface area is 336 Å². The van der Waals surface area contributed by atoms with Gasteiger partial charge in [0.1, 0.15) is 11.6 Å². The van der Waals surface area contributed by atoms with E-state index in [1.165, 1.54) is 36.8 Å². The highest BCUT2D eigenvalue weighted by Gasteiger charge is 2.36. The Morgan fingerprint density at radius 1 is 0.518 bits per heavy atom. The lowest BCUT2D eigenvalue weighted by molar-refractivity contribution is 0.0753. The zero-order valence-electron chi connectivity index (χ0n) is 31.4. The first-order valence-corrected chi connectivity index (χ1v) is 21.1. The number of halogens is 4. The summed E-state index contributed by atoms with van der Waals surface area (Å²) in [6, 6.07) is 18.9. The third-order valence-electron chi connectivity index (χ3n) is 13.2. The van der Waals surface area contributed by atoms with Gasteiger partial charge in [0, 0.05) is 0 Å². The van der Waals surface area contributed by atoms with E-state index in [1.54, 1.807) is 24.3 Å². The number of benzene rings is 2. The first-order chi connectivity index (χ1) is 27.2. The van der Waals surface area contributed by atoms with Crippen molar-refractivity contribution in [3.8, 4) is 0 Å². The molecular weight excluding hydrogens is 749 g/mol. The van der Waals surface area contributed by atoms with Crippen molar-refractivity contribution in [2.24, 2.45) is 11.8 Å². The van der Waals surface area contributed by atoms with Crippen molar-refractivity contribution in [1.82, 2.24) is 18.8 Å². The van der Waals surface area contributed by atoms with Crippen molar-refractivity contribution in [1.29, 1.82) is 0 Å². The molecule has 0 radical (unpaired) electrons. The number of aliphatic hydroxyl groups is 2. The molecule has 2 atom stereocenters. The molecule has 4 heterocycles. The molecule has 10 heteroatoms. The number of aromatic nitrogens is 4. The van der Waals surface area contributed by atoms with Gasteiger partial charge in [0.2, 0.25) is 0 Å². The SMILES string of the molecule is O[C@@H](c1c(C2CC2)ccc2cncn12)C1CCC(c2ccc(Cl)c(F)c2)CC1.O[C@H](c1c(C2CC2)ccc2cncn12)C1CCC(c2ccc(Cl)c(F)c2)CC1. The monoisotopic (exact) mass is 796 g/mol. The normalized spacial score (nSPS) is 23.8. The maximum atomic E-state index is 13.8. The average Bonchev–Trinajstić information content (AvgIpc) is 4.16. The fourth-order valence-electron chi connectivity index (χ4n) is 9.68. The third kappa shape index (κ3) is 7.62. The van der Waals surface area contributed by atoms with Crippen molar-refractivity contribution in [2.45, 2.75) is 113 Å². The highest BCUT2D eigenvalue weighted by atomic mass is 35.5. The first kappa shape index (κ1) is 37.7. The molecule has 0 aliphatic heterocycles. The number of hydrogen-bond donors (Lipinski definition) is 2. The van der Waals surface area contributed by atoms with Crippen LogP contribution in [0.1, 0.15) is 147 Å². The van der Waals surface area contributed by atoms with Crippen LogP contribution in [0.25, 0.3) is 11.0 Å². The summed E-state index contributed by atoms with van der Waals surface area (Å²) in [5.74, 6) is 1.57. The van der Waals surface area contributed by atoms with Gasteiger partial charge >= 0.3 is 0 Å². The van der Waals surface area contributed by atoms with E-state index in [0.717, 1.165) is 84.9 Å². The highest BCUT2D eigenvalue weighted by molar-refractivity contribution is 6.31. The Morgan fingerprint density at radius 2 is 0.893 bits per heavy atom. The number of hydrogen-bond acceptors (Lipinski definition) is 4. The van der Waals surface area contributed by atoms with Crippen molar-refractivity contribution >= 4 is 34.2 Å². The van der Waals surface area contributed by atoms with Crippen LogP contribution in [0.3, 0.4) is 0 Å². The number of aliphatic hydroxyl groups excluding tert-OH is 2. The molecule has 4 aliphatic rings. The number of imidazole rings is 2. The smallest absolute Gasteiger partial charge is 0.142 e. The summed E-state index contributed by atoms with van der Waals surface area (Å²) in [6.45, 7) is 0. The molecule has 4 saturated carbocycles. The van der Waals surface area contributed by atoms with Gasteiger partial charge < -0.3 is 19.0 Å². The van der Waals surface area contributed by atoms with E-state index >= 15 is 0 Å². The van der Waals surface area contributed by atoms with Crippen molar-refractivity contribution in [3.05, 3.63) is 141 Å². The fraction of sp³-hybridized carbons (Fsp3) is 0.435. The van der Waals surface area contributed by atoms with Gasteiger partial charge in [0.25, 0.3) is 0 Å². The number of nitrogens with zero attached hydrogens (tertiary/aromatic N) is 4. The van der Waals surface area contributed by atoms with E-state index in [2.05, 4.69) is 43.0 Å². The third-order valence-corrected chi connectivity index (χ3v) is 13.8. The minimum atomic E-state index is -0.489. The summed E-state index contributed by atoms with van der Waals surface area (Å²) in [5, 5.41) is 23.0. The van der Waals surface area contributed by atoms with Gasteiger partial charge in [0.15, 0.2) is 0 Å². The molecular formula is C46H48Cl2F2N4O2. The molecule has 6 aromatic rings. The Bertz CT molecular complexity index is 2170. The van der Waals surface area contributed by atoms with Gasteiger partial charge in [-0.05, 0) is 171 Å². The quantitative estimate of drug-likeness (QED) is 0.161. The van der Waals surface area contributed by atoms with Crippen molar-refractivity contribution in [3.63, 3.8) is 0 Å². The van der Waals surface area contributed by atoms with Crippen LogP contribution >= 0.6 is 23.2 Å². The summed E-state index contributed by atoms with van der Waals surface area (Å²) in [7, 11) is 0. The summed E-state index contributed by atoms with van der Waals surface area (Å²) in [6.07, 6.45) is 18.8. The number of pyridine rings is 2. The van der Waals surface area contributed by atoms with Crippen LogP contribution in [-0.2, 0) is 0 Å². The fourth-order valence-corrected chi connectivity index (χ4v) is 9.92. The molecule has 4 aliphatic carbocycles. The van der Waals surface area contributed by atoms with E-state index in [1.807, 2.05) is 37.2 Å². The number of rotatable bonds is 8. The second-order valence-corrected chi connectivity index (χ2v) is 17.5. The van der Waals surface area contributed by atoms with Crippen LogP contribution < -0.4 is 0 Å². The first-order valence-electron chi connectivity index (χ1n) is 20.4. The topological polar surface area (TPSA) is 75.1 Å². The Morgan fingerprint density at radius 3 is 1.25 bits per heavy atom. The molecule has 4 fully saturated rings. The molecule has 0 bridgehead atoms. The average molecular weight is 798 g/mol. The Hall–Kier alpha value is -3.82. The van der Waals surface area contributed by atoms with E-state index in [9.17, 15) is 19.0 Å². The number of fused-ring (bicyclic) bond motifs is 2.